The molecule has 0 heterocycles. The van der Waals surface area contributed by atoms with Gasteiger partial charge in [-0.2, -0.15) is 5.26 Å². The van der Waals surface area contributed by atoms with Gasteiger partial charge in [-0.3, -0.25) is 0 Å². The second-order valence-corrected chi connectivity index (χ2v) is 1.34. The van der Waals surface area contributed by atoms with Gasteiger partial charge < -0.3 is 10.2 Å². The SMILES string of the molecule is C=CC#N.O=C(O)C=CC(=O)O. The maximum absolute atomic E-state index is 9.55. The number of aliphatic carboxylic acids is 2. The van der Waals surface area contributed by atoms with Gasteiger partial charge >= 0.3 is 11.9 Å². The smallest absolute Gasteiger partial charge is 0.328 e. The third kappa shape index (κ3) is 24.7. The monoisotopic (exact) mass is 169 g/mol. The van der Waals surface area contributed by atoms with Gasteiger partial charge in [0.15, 0.2) is 0 Å². The van der Waals surface area contributed by atoms with E-state index in [2.05, 4.69) is 6.58 Å². The lowest BCUT2D eigenvalue weighted by Gasteiger charge is -1.74. The number of carboxylic acids is 2. The van der Waals surface area contributed by atoms with Crippen LogP contribution in [0.5, 0.6) is 0 Å². The van der Waals surface area contributed by atoms with Crippen molar-refractivity contribution < 1.29 is 19.8 Å². The largest absolute Gasteiger partial charge is 0.478 e. The Balaban J connectivity index is 0. The predicted octanol–water partition coefficient (Wildman–Crippen LogP) is 0.408. The van der Waals surface area contributed by atoms with Crippen LogP contribution in [0, 0.1) is 11.3 Å². The molecule has 5 nitrogen and oxygen atoms in total. The Labute approximate surface area is 68.9 Å². The van der Waals surface area contributed by atoms with E-state index in [9.17, 15) is 9.59 Å². The van der Waals surface area contributed by atoms with Gasteiger partial charge in [-0.15, -0.1) is 0 Å². The van der Waals surface area contributed by atoms with Crippen LogP contribution in [-0.4, -0.2) is 22.2 Å². The summed E-state index contributed by atoms with van der Waals surface area (Å²) in [6.07, 6.45) is 2.30. The van der Waals surface area contributed by atoms with Crippen molar-refractivity contribution in [1.82, 2.24) is 0 Å². The molecule has 0 aliphatic heterocycles. The zero-order chi connectivity index (χ0) is 9.98. The minimum atomic E-state index is -1.26. The molecule has 2 N–H and O–H groups in total. The summed E-state index contributed by atoms with van der Waals surface area (Å²) in [5.41, 5.74) is 0. The first kappa shape index (κ1) is 12.6. The van der Waals surface area contributed by atoms with Crippen LogP contribution in [0.3, 0.4) is 0 Å². The van der Waals surface area contributed by atoms with E-state index in [0.29, 0.717) is 12.2 Å². The quantitative estimate of drug-likeness (QED) is 0.460. The van der Waals surface area contributed by atoms with Gasteiger partial charge in [0.2, 0.25) is 0 Å². The Kier molecular flexibility index (Phi) is 9.34. The molecular weight excluding hydrogens is 162 g/mol. The minimum Gasteiger partial charge on any atom is -0.478 e. The fourth-order valence-corrected chi connectivity index (χ4v) is 0.143. The lowest BCUT2D eigenvalue weighted by Crippen LogP contribution is -1.91. The standard InChI is InChI=1S/C4H4O4.C3H3N/c5-3(6)1-2-4(7)8;1-2-3-4/h1-2H,(H,5,6)(H,7,8);2H,1H2. The fraction of sp³-hybridized carbons (Fsp3) is 0. The zero-order valence-electron chi connectivity index (χ0n) is 6.10. The molecule has 0 unspecified atom stereocenters. The maximum Gasteiger partial charge on any atom is 0.328 e. The zero-order valence-corrected chi connectivity index (χ0v) is 6.10. The molecule has 0 aromatic heterocycles. The first-order valence-electron chi connectivity index (χ1n) is 2.69. The summed E-state index contributed by atoms with van der Waals surface area (Å²) in [6.45, 7) is 3.12. The highest BCUT2D eigenvalue weighted by atomic mass is 16.4. The number of carbonyl (C=O) groups is 2. The van der Waals surface area contributed by atoms with Crippen LogP contribution < -0.4 is 0 Å². The third-order valence-corrected chi connectivity index (χ3v) is 0.460. The lowest BCUT2D eigenvalue weighted by molar-refractivity contribution is -0.134. The van der Waals surface area contributed by atoms with Crippen molar-refractivity contribution in [3.8, 4) is 6.07 Å². The molecule has 0 saturated heterocycles. The summed E-state index contributed by atoms with van der Waals surface area (Å²) in [5.74, 6) is -2.51. The van der Waals surface area contributed by atoms with E-state index in [-0.39, 0.29) is 0 Å². The van der Waals surface area contributed by atoms with E-state index in [0.717, 1.165) is 0 Å². The molecule has 12 heavy (non-hydrogen) atoms. The Bertz CT molecular complexity index is 220. The van der Waals surface area contributed by atoms with E-state index in [1.54, 1.807) is 6.07 Å². The summed E-state index contributed by atoms with van der Waals surface area (Å²) in [7, 11) is 0. The van der Waals surface area contributed by atoms with Gasteiger partial charge in [0, 0.05) is 18.2 Å². The first-order chi connectivity index (χ1) is 5.54. The van der Waals surface area contributed by atoms with E-state index >= 15 is 0 Å². The minimum absolute atomic E-state index is 0.558. The Morgan fingerprint density at radius 2 is 1.50 bits per heavy atom. The first-order valence-corrected chi connectivity index (χ1v) is 2.69. The second-order valence-electron chi connectivity index (χ2n) is 1.34. The molecule has 0 spiro atoms. The molecule has 64 valence electrons. The van der Waals surface area contributed by atoms with Gasteiger partial charge in [-0.1, -0.05) is 6.58 Å². The van der Waals surface area contributed by atoms with Crippen molar-refractivity contribution in [3.63, 3.8) is 0 Å². The molecule has 0 fully saturated rings. The predicted molar refractivity (Wildman–Crippen MR) is 40.2 cm³/mol. The van der Waals surface area contributed by atoms with Crippen molar-refractivity contribution in [2.24, 2.45) is 0 Å². The molecule has 0 bridgehead atoms. The summed E-state index contributed by atoms with van der Waals surface area (Å²) in [4.78, 5) is 19.1. The van der Waals surface area contributed by atoms with E-state index < -0.39 is 11.9 Å². The normalized spacial score (nSPS) is 7.58. The van der Waals surface area contributed by atoms with Crippen LogP contribution in [0.1, 0.15) is 0 Å². The number of rotatable bonds is 2. The Morgan fingerprint density at radius 3 is 1.58 bits per heavy atom. The summed E-state index contributed by atoms with van der Waals surface area (Å²) in [6, 6.07) is 1.69. The van der Waals surface area contributed by atoms with Crippen LogP contribution in [0.2, 0.25) is 0 Å². The highest BCUT2D eigenvalue weighted by Gasteiger charge is 1.88. The molecule has 5 heteroatoms. The second kappa shape index (κ2) is 8.91. The molecule has 0 aliphatic carbocycles. The summed E-state index contributed by atoms with van der Waals surface area (Å²) < 4.78 is 0. The van der Waals surface area contributed by atoms with E-state index in [1.165, 1.54) is 6.08 Å². The van der Waals surface area contributed by atoms with Crippen molar-refractivity contribution in [3.05, 3.63) is 24.8 Å². The van der Waals surface area contributed by atoms with Gasteiger partial charge in [-0.05, 0) is 0 Å². The molecule has 0 radical (unpaired) electrons. The molecule has 0 amide bonds. The average molecular weight is 169 g/mol. The highest BCUT2D eigenvalue weighted by molar-refractivity contribution is 5.89. The summed E-state index contributed by atoms with van der Waals surface area (Å²) >= 11 is 0. The Hall–Kier alpha value is -2.09. The van der Waals surface area contributed by atoms with Crippen LogP contribution in [-0.2, 0) is 9.59 Å². The number of hydrogen-bond donors (Lipinski definition) is 2. The number of nitriles is 1. The molecule has 0 saturated carbocycles. The molecule has 0 rings (SSSR count). The topological polar surface area (TPSA) is 98.4 Å². The Morgan fingerprint density at radius 1 is 1.25 bits per heavy atom. The van der Waals surface area contributed by atoms with Gasteiger partial charge in [0.25, 0.3) is 0 Å². The molecule has 0 aromatic carbocycles. The highest BCUT2D eigenvalue weighted by Crippen LogP contribution is 1.70. The number of carboxylic acid groups (broad SMARTS) is 2. The molecule has 0 aromatic rings. The van der Waals surface area contributed by atoms with E-state index in [1.807, 2.05) is 0 Å². The van der Waals surface area contributed by atoms with Crippen molar-refractivity contribution in [2.75, 3.05) is 0 Å². The lowest BCUT2D eigenvalue weighted by atomic mass is 10.5. The van der Waals surface area contributed by atoms with E-state index in [4.69, 9.17) is 15.5 Å². The summed E-state index contributed by atoms with van der Waals surface area (Å²) in [5, 5.41) is 23.1. The van der Waals surface area contributed by atoms with Crippen molar-refractivity contribution >= 4 is 11.9 Å². The van der Waals surface area contributed by atoms with Crippen LogP contribution in [0.15, 0.2) is 24.8 Å². The van der Waals surface area contributed by atoms with Crippen LogP contribution in [0.4, 0.5) is 0 Å². The van der Waals surface area contributed by atoms with Gasteiger partial charge in [-0.25, -0.2) is 9.59 Å². The maximum atomic E-state index is 9.55. The third-order valence-electron chi connectivity index (χ3n) is 0.460. The van der Waals surface area contributed by atoms with Gasteiger partial charge in [0.1, 0.15) is 0 Å². The fourth-order valence-electron chi connectivity index (χ4n) is 0.143. The van der Waals surface area contributed by atoms with Crippen molar-refractivity contribution in [2.45, 2.75) is 0 Å². The number of allylic oxidation sites excluding steroid dienone is 1. The van der Waals surface area contributed by atoms with Crippen molar-refractivity contribution in [1.29, 1.82) is 5.26 Å². The van der Waals surface area contributed by atoms with Crippen LogP contribution in [0.25, 0.3) is 0 Å². The van der Waals surface area contributed by atoms with Crippen LogP contribution >= 0.6 is 0 Å². The van der Waals surface area contributed by atoms with Gasteiger partial charge in [0.05, 0.1) is 6.07 Å². The number of hydrogen-bond acceptors (Lipinski definition) is 3. The molecular formula is C7H7NO4. The average Bonchev–Trinajstić information content (AvgIpc) is 2.01. The number of nitrogens with zero attached hydrogens (tertiary/aromatic N) is 1. The molecule has 0 atom stereocenters. The molecule has 0 aliphatic rings.